The molecule has 0 atom stereocenters. The molecule has 22 heavy (non-hydrogen) atoms. The van der Waals surface area contributed by atoms with Crippen LogP contribution in [0, 0.1) is 0 Å². The number of urea groups is 1. The maximum absolute atomic E-state index is 12.1. The van der Waals surface area contributed by atoms with Gasteiger partial charge >= 0.3 is 6.03 Å². The summed E-state index contributed by atoms with van der Waals surface area (Å²) in [7, 11) is 0. The van der Waals surface area contributed by atoms with Crippen LogP contribution in [0.25, 0.3) is 0 Å². The Labute approximate surface area is 131 Å². The van der Waals surface area contributed by atoms with E-state index in [-0.39, 0.29) is 11.9 Å². The molecule has 0 saturated carbocycles. The van der Waals surface area contributed by atoms with Crippen LogP contribution < -0.4 is 10.6 Å². The fraction of sp³-hybridized carbons (Fsp3) is 0.500. The highest BCUT2D eigenvalue weighted by molar-refractivity contribution is 5.78. The molecule has 0 unspecified atom stereocenters. The fourth-order valence-electron chi connectivity index (χ4n) is 2.45. The van der Waals surface area contributed by atoms with Crippen LogP contribution in [-0.2, 0) is 11.3 Å². The van der Waals surface area contributed by atoms with Crippen LogP contribution in [0.1, 0.15) is 12.5 Å². The van der Waals surface area contributed by atoms with Gasteiger partial charge in [0.15, 0.2) is 0 Å². The fourth-order valence-corrected chi connectivity index (χ4v) is 2.45. The minimum absolute atomic E-state index is 0.0403. The van der Waals surface area contributed by atoms with E-state index in [9.17, 15) is 9.59 Å². The molecule has 1 heterocycles. The van der Waals surface area contributed by atoms with Crippen LogP contribution in [0.3, 0.4) is 0 Å². The van der Waals surface area contributed by atoms with Crippen LogP contribution in [0.5, 0.6) is 0 Å². The molecule has 1 aliphatic heterocycles. The Hall–Kier alpha value is -2.08. The van der Waals surface area contributed by atoms with Crippen LogP contribution in [-0.4, -0.2) is 61.0 Å². The van der Waals surface area contributed by atoms with Crippen molar-refractivity contribution in [1.29, 1.82) is 0 Å². The van der Waals surface area contributed by atoms with Gasteiger partial charge in [-0.3, -0.25) is 9.69 Å². The van der Waals surface area contributed by atoms with Crippen molar-refractivity contribution in [3.05, 3.63) is 35.9 Å². The molecule has 0 aromatic heterocycles. The van der Waals surface area contributed by atoms with Crippen molar-refractivity contribution in [3.8, 4) is 0 Å². The predicted octanol–water partition coefficient (Wildman–Crippen LogP) is 0.650. The normalized spacial score (nSPS) is 15.4. The van der Waals surface area contributed by atoms with E-state index < -0.39 is 0 Å². The summed E-state index contributed by atoms with van der Waals surface area (Å²) in [5.74, 6) is 0.0458. The van der Waals surface area contributed by atoms with Gasteiger partial charge in [0.05, 0.1) is 6.54 Å². The number of nitrogens with zero attached hydrogens (tertiary/aromatic N) is 2. The number of hydrogen-bond donors (Lipinski definition) is 2. The molecule has 0 radical (unpaired) electrons. The Balaban J connectivity index is 1.69. The number of nitrogens with one attached hydrogen (secondary N) is 2. The Kier molecular flexibility index (Phi) is 6.21. The number of piperazine rings is 1. The number of carbonyl (C=O) groups is 2. The lowest BCUT2D eigenvalue weighted by Crippen LogP contribution is -2.53. The van der Waals surface area contributed by atoms with Gasteiger partial charge in [-0.2, -0.15) is 0 Å². The highest BCUT2D eigenvalue weighted by Crippen LogP contribution is 2.03. The van der Waals surface area contributed by atoms with Gasteiger partial charge in [0.1, 0.15) is 0 Å². The number of benzene rings is 1. The zero-order valence-electron chi connectivity index (χ0n) is 13.0. The molecule has 6 heteroatoms. The van der Waals surface area contributed by atoms with Gasteiger partial charge in [0.2, 0.25) is 5.91 Å². The summed E-state index contributed by atoms with van der Waals surface area (Å²) in [5, 5.41) is 5.73. The number of likely N-dealkylation sites (N-methyl/N-ethyl adjacent to an activating group) is 1. The molecular weight excluding hydrogens is 280 g/mol. The first-order valence-corrected chi connectivity index (χ1v) is 7.74. The third-order valence-electron chi connectivity index (χ3n) is 3.69. The second-order valence-electron chi connectivity index (χ2n) is 5.36. The Bertz CT molecular complexity index is 484. The second-order valence-corrected chi connectivity index (χ2v) is 5.36. The summed E-state index contributed by atoms with van der Waals surface area (Å²) in [6.45, 7) is 6.28. The third-order valence-corrected chi connectivity index (χ3v) is 3.69. The summed E-state index contributed by atoms with van der Waals surface area (Å²) in [4.78, 5) is 27.5. The first-order valence-electron chi connectivity index (χ1n) is 7.74. The van der Waals surface area contributed by atoms with E-state index in [1.54, 1.807) is 4.90 Å². The van der Waals surface area contributed by atoms with Crippen molar-refractivity contribution >= 4 is 11.9 Å². The summed E-state index contributed by atoms with van der Waals surface area (Å²) in [5.41, 5.74) is 1.09. The molecule has 2 rings (SSSR count). The minimum Gasteiger partial charge on any atom is -0.355 e. The Morgan fingerprint density at radius 1 is 1.05 bits per heavy atom. The van der Waals surface area contributed by atoms with E-state index in [2.05, 4.69) is 15.5 Å². The Morgan fingerprint density at radius 2 is 1.73 bits per heavy atom. The lowest BCUT2D eigenvalue weighted by Gasteiger charge is -2.34. The minimum atomic E-state index is -0.0403. The first-order chi connectivity index (χ1) is 10.7. The van der Waals surface area contributed by atoms with Crippen molar-refractivity contribution in [3.63, 3.8) is 0 Å². The SMILES string of the molecule is CCNC(=O)CN1CCN(C(=O)NCc2ccccc2)CC1. The molecular formula is C16H24N4O2. The van der Waals surface area contributed by atoms with Crippen LogP contribution >= 0.6 is 0 Å². The lowest BCUT2D eigenvalue weighted by molar-refractivity contribution is -0.122. The first kappa shape index (κ1) is 16.3. The standard InChI is InChI=1S/C16H24N4O2/c1-2-17-15(21)13-19-8-10-20(11-9-19)16(22)18-12-14-6-4-3-5-7-14/h3-7H,2,8-13H2,1H3,(H,17,21)(H,18,22). The zero-order valence-corrected chi connectivity index (χ0v) is 13.0. The van der Waals surface area contributed by atoms with Crippen molar-refractivity contribution in [1.82, 2.24) is 20.4 Å². The van der Waals surface area contributed by atoms with E-state index in [1.807, 2.05) is 37.3 Å². The maximum atomic E-state index is 12.1. The average molecular weight is 304 g/mol. The number of hydrogen-bond acceptors (Lipinski definition) is 3. The summed E-state index contributed by atoms with van der Waals surface area (Å²) in [6, 6.07) is 9.82. The molecule has 1 saturated heterocycles. The molecule has 0 spiro atoms. The lowest BCUT2D eigenvalue weighted by atomic mass is 10.2. The molecule has 3 amide bonds. The van der Waals surface area contributed by atoms with Crippen molar-refractivity contribution in [2.45, 2.75) is 13.5 Å². The second kappa shape index (κ2) is 8.38. The van der Waals surface area contributed by atoms with E-state index >= 15 is 0 Å². The van der Waals surface area contributed by atoms with Crippen molar-refractivity contribution in [2.24, 2.45) is 0 Å². The summed E-state index contributed by atoms with van der Waals surface area (Å²) in [6.07, 6.45) is 0. The van der Waals surface area contributed by atoms with Gasteiger partial charge in [-0.05, 0) is 12.5 Å². The largest absolute Gasteiger partial charge is 0.355 e. The van der Waals surface area contributed by atoms with Gasteiger partial charge in [-0.1, -0.05) is 30.3 Å². The molecule has 1 aromatic rings. The van der Waals surface area contributed by atoms with Crippen molar-refractivity contribution in [2.75, 3.05) is 39.3 Å². The highest BCUT2D eigenvalue weighted by atomic mass is 16.2. The topological polar surface area (TPSA) is 64.7 Å². The van der Waals surface area contributed by atoms with Gasteiger partial charge in [-0.15, -0.1) is 0 Å². The number of amides is 3. The maximum Gasteiger partial charge on any atom is 0.317 e. The molecule has 1 aliphatic rings. The van der Waals surface area contributed by atoms with Gasteiger partial charge < -0.3 is 15.5 Å². The average Bonchev–Trinajstić information content (AvgIpc) is 2.54. The van der Waals surface area contributed by atoms with E-state index in [4.69, 9.17) is 0 Å². The van der Waals surface area contributed by atoms with E-state index in [1.165, 1.54) is 0 Å². The molecule has 0 bridgehead atoms. The molecule has 6 nitrogen and oxygen atoms in total. The zero-order chi connectivity index (χ0) is 15.8. The molecule has 0 aliphatic carbocycles. The monoisotopic (exact) mass is 304 g/mol. The molecule has 1 fully saturated rings. The van der Waals surface area contributed by atoms with Gasteiger partial charge in [0.25, 0.3) is 0 Å². The Morgan fingerprint density at radius 3 is 2.36 bits per heavy atom. The molecule has 2 N–H and O–H groups in total. The number of carbonyl (C=O) groups excluding carboxylic acids is 2. The molecule has 120 valence electrons. The number of rotatable bonds is 5. The highest BCUT2D eigenvalue weighted by Gasteiger charge is 2.21. The van der Waals surface area contributed by atoms with E-state index in [0.29, 0.717) is 32.7 Å². The predicted molar refractivity (Wildman–Crippen MR) is 85.4 cm³/mol. The smallest absolute Gasteiger partial charge is 0.317 e. The van der Waals surface area contributed by atoms with Gasteiger partial charge in [-0.25, -0.2) is 4.79 Å². The van der Waals surface area contributed by atoms with Crippen molar-refractivity contribution < 1.29 is 9.59 Å². The van der Waals surface area contributed by atoms with Crippen LogP contribution in [0.4, 0.5) is 4.79 Å². The van der Waals surface area contributed by atoms with Crippen LogP contribution in [0.15, 0.2) is 30.3 Å². The quantitative estimate of drug-likeness (QED) is 0.839. The summed E-state index contributed by atoms with van der Waals surface area (Å²) >= 11 is 0. The molecule has 1 aromatic carbocycles. The van der Waals surface area contributed by atoms with E-state index in [0.717, 1.165) is 18.7 Å². The third kappa shape index (κ3) is 5.04. The summed E-state index contributed by atoms with van der Waals surface area (Å²) < 4.78 is 0. The van der Waals surface area contributed by atoms with Crippen LogP contribution in [0.2, 0.25) is 0 Å². The van der Waals surface area contributed by atoms with Gasteiger partial charge in [0, 0.05) is 39.3 Å².